The lowest BCUT2D eigenvalue weighted by molar-refractivity contribution is -0.141. The van der Waals surface area contributed by atoms with Gasteiger partial charge in [0.25, 0.3) is 0 Å². The molecule has 0 aliphatic carbocycles. The molecular weight excluding hydrogens is 435 g/mol. The van der Waals surface area contributed by atoms with Crippen molar-refractivity contribution in [2.45, 2.75) is 23.3 Å². The lowest BCUT2D eigenvalue weighted by Gasteiger charge is -2.12. The van der Waals surface area contributed by atoms with Gasteiger partial charge in [0.1, 0.15) is 11.6 Å². The summed E-state index contributed by atoms with van der Waals surface area (Å²) in [6.45, 7) is 0. The molecular formula is C19H12F7N3S. The molecule has 3 nitrogen and oxygen atoms in total. The van der Waals surface area contributed by atoms with E-state index in [4.69, 9.17) is 0 Å². The smallest absolute Gasteiger partial charge is 0.340 e. The first-order chi connectivity index (χ1) is 14.0. The number of thioether (sulfide) groups is 1. The minimum Gasteiger partial charge on any atom is -0.340 e. The molecule has 1 heterocycles. The number of hydrogen-bond acceptors (Lipinski definition) is 4. The van der Waals surface area contributed by atoms with Crippen molar-refractivity contribution < 1.29 is 30.7 Å². The van der Waals surface area contributed by atoms with Gasteiger partial charge in [0.15, 0.2) is 10.9 Å². The molecule has 0 saturated heterocycles. The first-order valence-electron chi connectivity index (χ1n) is 8.28. The van der Waals surface area contributed by atoms with Gasteiger partial charge < -0.3 is 5.32 Å². The molecule has 0 aliphatic rings. The van der Waals surface area contributed by atoms with E-state index in [0.717, 1.165) is 36.0 Å². The van der Waals surface area contributed by atoms with Crippen LogP contribution in [0.25, 0.3) is 0 Å². The normalized spacial score (nSPS) is 12.1. The van der Waals surface area contributed by atoms with Gasteiger partial charge in [-0.2, -0.15) is 26.3 Å². The second-order valence-corrected chi connectivity index (χ2v) is 6.98. The Kier molecular flexibility index (Phi) is 6.20. The van der Waals surface area contributed by atoms with Crippen LogP contribution in [0.15, 0.2) is 59.8 Å². The zero-order valence-electron chi connectivity index (χ0n) is 14.9. The minimum atomic E-state index is -4.73. The van der Waals surface area contributed by atoms with Gasteiger partial charge >= 0.3 is 12.4 Å². The van der Waals surface area contributed by atoms with E-state index in [9.17, 15) is 30.7 Å². The summed E-state index contributed by atoms with van der Waals surface area (Å²) in [7, 11) is 0. The van der Waals surface area contributed by atoms with Crippen LogP contribution in [0.4, 0.5) is 42.2 Å². The Morgan fingerprint density at radius 1 is 0.800 bits per heavy atom. The summed E-state index contributed by atoms with van der Waals surface area (Å²) in [5.74, 6) is -0.596. The van der Waals surface area contributed by atoms with Gasteiger partial charge in [-0.25, -0.2) is 14.4 Å². The summed E-state index contributed by atoms with van der Waals surface area (Å²) in [6, 6.07) is 9.91. The summed E-state index contributed by atoms with van der Waals surface area (Å²) in [4.78, 5) is 7.48. The average Bonchev–Trinajstić information content (AvgIpc) is 2.67. The average molecular weight is 447 g/mol. The van der Waals surface area contributed by atoms with E-state index in [-0.39, 0.29) is 16.7 Å². The van der Waals surface area contributed by atoms with Crippen LogP contribution in [-0.4, -0.2) is 9.97 Å². The highest BCUT2D eigenvalue weighted by molar-refractivity contribution is 7.98. The zero-order valence-corrected chi connectivity index (χ0v) is 15.7. The number of anilines is 2. The zero-order chi connectivity index (χ0) is 21.9. The van der Waals surface area contributed by atoms with Gasteiger partial charge in [0, 0.05) is 17.5 Å². The van der Waals surface area contributed by atoms with E-state index in [1.165, 1.54) is 24.3 Å². The van der Waals surface area contributed by atoms with Gasteiger partial charge in [-0.1, -0.05) is 23.9 Å². The molecule has 0 atom stereocenters. The Bertz CT molecular complexity index is 1000. The van der Waals surface area contributed by atoms with Crippen LogP contribution >= 0.6 is 11.8 Å². The van der Waals surface area contributed by atoms with Crippen LogP contribution in [0.1, 0.15) is 16.8 Å². The third-order valence-corrected chi connectivity index (χ3v) is 4.68. The highest BCUT2D eigenvalue weighted by Gasteiger charge is 2.34. The standard InChI is InChI=1S/C19H12F7N3S/c20-13-5-7-14(8-6-13)27-16-9-15(19(24,25)26)28-17(29-16)30-10-11-1-3-12(4-2-11)18(21,22)23/h1-9H,10H2,(H,27,28,29). The number of rotatable bonds is 5. The molecule has 0 fully saturated rings. The van der Waals surface area contributed by atoms with E-state index in [0.29, 0.717) is 17.3 Å². The van der Waals surface area contributed by atoms with Crippen molar-refractivity contribution in [3.8, 4) is 0 Å². The molecule has 0 bridgehead atoms. The van der Waals surface area contributed by atoms with Crippen molar-refractivity contribution in [1.29, 1.82) is 0 Å². The third kappa shape index (κ3) is 5.85. The lowest BCUT2D eigenvalue weighted by Crippen LogP contribution is -2.11. The summed E-state index contributed by atoms with van der Waals surface area (Å²) < 4.78 is 90.4. The Hall–Kier alpha value is -2.82. The quantitative estimate of drug-likeness (QED) is 0.269. The van der Waals surface area contributed by atoms with Crippen LogP contribution < -0.4 is 5.32 Å². The fraction of sp³-hybridized carbons (Fsp3) is 0.158. The second-order valence-electron chi connectivity index (χ2n) is 6.03. The predicted molar refractivity (Wildman–Crippen MR) is 97.7 cm³/mol. The topological polar surface area (TPSA) is 37.8 Å². The van der Waals surface area contributed by atoms with Gasteiger partial charge in [-0.3, -0.25) is 0 Å². The fourth-order valence-electron chi connectivity index (χ4n) is 2.32. The Labute approximate surface area is 170 Å². The number of aromatic nitrogens is 2. The predicted octanol–water partition coefficient (Wildman–Crippen LogP) is 6.69. The van der Waals surface area contributed by atoms with Crippen LogP contribution in [0.5, 0.6) is 0 Å². The summed E-state index contributed by atoms with van der Waals surface area (Å²) in [5, 5.41) is 2.44. The van der Waals surface area contributed by atoms with Crippen LogP contribution in [-0.2, 0) is 18.1 Å². The lowest BCUT2D eigenvalue weighted by atomic mass is 10.1. The monoisotopic (exact) mass is 447 g/mol. The molecule has 158 valence electrons. The molecule has 0 unspecified atom stereocenters. The van der Waals surface area contributed by atoms with Crippen molar-refractivity contribution in [3.05, 3.63) is 77.2 Å². The maximum atomic E-state index is 13.2. The van der Waals surface area contributed by atoms with E-state index >= 15 is 0 Å². The molecule has 0 spiro atoms. The maximum Gasteiger partial charge on any atom is 0.433 e. The highest BCUT2D eigenvalue weighted by atomic mass is 32.2. The van der Waals surface area contributed by atoms with Crippen molar-refractivity contribution in [2.24, 2.45) is 0 Å². The van der Waals surface area contributed by atoms with Crippen molar-refractivity contribution in [1.82, 2.24) is 9.97 Å². The number of benzene rings is 2. The van der Waals surface area contributed by atoms with Gasteiger partial charge in [-0.15, -0.1) is 0 Å². The molecule has 11 heteroatoms. The molecule has 0 saturated carbocycles. The second kappa shape index (κ2) is 8.50. The summed E-state index contributed by atoms with van der Waals surface area (Å²) in [6.07, 6.45) is -9.21. The van der Waals surface area contributed by atoms with E-state index in [1.807, 2.05) is 0 Å². The Morgan fingerprint density at radius 2 is 1.43 bits per heavy atom. The van der Waals surface area contributed by atoms with Crippen LogP contribution in [0, 0.1) is 5.82 Å². The van der Waals surface area contributed by atoms with Gasteiger partial charge in [-0.05, 0) is 42.0 Å². The molecule has 3 rings (SSSR count). The molecule has 1 aromatic heterocycles. The van der Waals surface area contributed by atoms with Crippen LogP contribution in [0.2, 0.25) is 0 Å². The van der Waals surface area contributed by atoms with Crippen molar-refractivity contribution in [3.63, 3.8) is 0 Å². The summed E-state index contributed by atoms with van der Waals surface area (Å²) in [5.41, 5.74) is -1.22. The number of nitrogens with zero attached hydrogens (tertiary/aromatic N) is 2. The molecule has 1 N–H and O–H groups in total. The number of alkyl halides is 6. The first-order valence-corrected chi connectivity index (χ1v) is 9.27. The number of hydrogen-bond donors (Lipinski definition) is 1. The van der Waals surface area contributed by atoms with Gasteiger partial charge in [0.05, 0.1) is 5.56 Å². The molecule has 0 amide bonds. The van der Waals surface area contributed by atoms with Gasteiger partial charge in [0.2, 0.25) is 0 Å². The Morgan fingerprint density at radius 3 is 2.00 bits per heavy atom. The first kappa shape index (κ1) is 21.9. The Balaban J connectivity index is 1.80. The van der Waals surface area contributed by atoms with E-state index in [2.05, 4.69) is 15.3 Å². The third-order valence-electron chi connectivity index (χ3n) is 3.76. The molecule has 0 radical (unpaired) electrons. The molecule has 30 heavy (non-hydrogen) atoms. The largest absolute Gasteiger partial charge is 0.433 e. The molecule has 0 aliphatic heterocycles. The highest BCUT2D eigenvalue weighted by Crippen LogP contribution is 2.33. The SMILES string of the molecule is Fc1ccc(Nc2cc(C(F)(F)F)nc(SCc3ccc(C(F)(F)F)cc3)n2)cc1. The van der Waals surface area contributed by atoms with E-state index < -0.39 is 29.4 Å². The van der Waals surface area contributed by atoms with Crippen molar-refractivity contribution in [2.75, 3.05) is 5.32 Å². The summed E-state index contributed by atoms with van der Waals surface area (Å²) >= 11 is 0.841. The number of halogens is 7. The van der Waals surface area contributed by atoms with Crippen LogP contribution in [0.3, 0.4) is 0 Å². The minimum absolute atomic E-state index is 0.0649. The van der Waals surface area contributed by atoms with E-state index in [1.54, 1.807) is 0 Å². The van der Waals surface area contributed by atoms with Crippen molar-refractivity contribution >= 4 is 23.3 Å². The molecule has 3 aromatic rings. The molecule has 2 aromatic carbocycles. The fourth-order valence-corrected chi connectivity index (χ4v) is 3.13. The maximum absolute atomic E-state index is 13.2. The number of nitrogens with one attached hydrogen (secondary N) is 1.